The van der Waals surface area contributed by atoms with Crippen LogP contribution in [0.5, 0.6) is 11.5 Å². The van der Waals surface area contributed by atoms with Gasteiger partial charge in [-0.05, 0) is 70.1 Å². The average Bonchev–Trinajstić information content (AvgIpc) is 3.36. The van der Waals surface area contributed by atoms with Gasteiger partial charge in [0.15, 0.2) is 0 Å². The first kappa shape index (κ1) is 28.8. The van der Waals surface area contributed by atoms with E-state index in [1.165, 1.54) is 0 Å². The molecule has 11 nitrogen and oxygen atoms in total. The van der Waals surface area contributed by atoms with Crippen LogP contribution in [0.1, 0.15) is 68.4 Å². The fourth-order valence-electron chi connectivity index (χ4n) is 6.09. The number of aromatic nitrogens is 2. The molecule has 0 spiro atoms. The number of nitrogens with one attached hydrogen (secondary N) is 1. The first-order valence-corrected chi connectivity index (χ1v) is 14.3. The number of carbonyl (C=O) groups is 2. The summed E-state index contributed by atoms with van der Waals surface area (Å²) in [5.41, 5.74) is 8.92. The summed E-state index contributed by atoms with van der Waals surface area (Å²) in [7, 11) is 3.24. The number of hydrogen-bond donors (Lipinski definition) is 2. The van der Waals surface area contributed by atoms with Gasteiger partial charge in [0, 0.05) is 25.2 Å². The lowest BCUT2D eigenvalue weighted by atomic mass is 9.87. The number of hydrogen-bond acceptors (Lipinski definition) is 8. The van der Waals surface area contributed by atoms with Crippen LogP contribution in [0.25, 0.3) is 16.8 Å². The van der Waals surface area contributed by atoms with Crippen LogP contribution in [0.4, 0.5) is 10.6 Å². The Morgan fingerprint density at radius 1 is 1.10 bits per heavy atom. The van der Waals surface area contributed by atoms with Crippen LogP contribution >= 0.6 is 0 Å². The van der Waals surface area contributed by atoms with E-state index in [1.54, 1.807) is 19.1 Å². The predicted molar refractivity (Wildman–Crippen MR) is 155 cm³/mol. The Kier molecular flexibility index (Phi) is 8.17. The third kappa shape index (κ3) is 5.86. The maximum Gasteiger partial charge on any atom is 0.410 e. The number of ether oxygens (including phenoxy) is 4. The normalized spacial score (nSPS) is 19.6. The Morgan fingerprint density at radius 3 is 2.34 bits per heavy atom. The van der Waals surface area contributed by atoms with Crippen molar-refractivity contribution < 1.29 is 28.5 Å². The summed E-state index contributed by atoms with van der Waals surface area (Å²) in [5.74, 6) is 1.63. The first-order chi connectivity index (χ1) is 19.6. The van der Waals surface area contributed by atoms with E-state index in [9.17, 15) is 9.59 Å². The van der Waals surface area contributed by atoms with Gasteiger partial charge in [0.1, 0.15) is 34.2 Å². The lowest BCUT2D eigenvalue weighted by molar-refractivity contribution is 0.0157. The number of nitrogens with two attached hydrogens (primary N) is 1. The van der Waals surface area contributed by atoms with Crippen LogP contribution < -0.4 is 20.5 Å². The van der Waals surface area contributed by atoms with E-state index in [-0.39, 0.29) is 18.1 Å². The molecule has 41 heavy (non-hydrogen) atoms. The van der Waals surface area contributed by atoms with E-state index in [0.717, 1.165) is 36.8 Å². The van der Waals surface area contributed by atoms with Crippen LogP contribution in [0.15, 0.2) is 18.2 Å². The van der Waals surface area contributed by atoms with Gasteiger partial charge in [-0.15, -0.1) is 0 Å². The number of methoxy groups -OCH3 is 2. The smallest absolute Gasteiger partial charge is 0.410 e. The second-order valence-electron chi connectivity index (χ2n) is 11.8. The van der Waals surface area contributed by atoms with Gasteiger partial charge in [0.2, 0.25) is 0 Å². The van der Waals surface area contributed by atoms with E-state index >= 15 is 0 Å². The van der Waals surface area contributed by atoms with Gasteiger partial charge in [0.05, 0.1) is 39.0 Å². The number of rotatable bonds is 6. The topological polar surface area (TPSA) is 130 Å². The van der Waals surface area contributed by atoms with Crippen molar-refractivity contribution in [2.24, 2.45) is 11.7 Å². The summed E-state index contributed by atoms with van der Waals surface area (Å²) in [6, 6.07) is 3.85. The molecule has 1 aromatic carbocycles. The fourth-order valence-corrected chi connectivity index (χ4v) is 6.09. The summed E-state index contributed by atoms with van der Waals surface area (Å²) in [6.45, 7) is 8.72. The highest BCUT2D eigenvalue weighted by molar-refractivity contribution is 6.04. The number of anilines is 1. The van der Waals surface area contributed by atoms with Gasteiger partial charge in [-0.1, -0.05) is 6.08 Å². The van der Waals surface area contributed by atoms with Crippen LogP contribution in [0, 0.1) is 5.92 Å². The number of primary amides is 1. The molecule has 1 fully saturated rings. The molecule has 11 heteroatoms. The minimum absolute atomic E-state index is 0.0642. The van der Waals surface area contributed by atoms with E-state index in [4.69, 9.17) is 29.8 Å². The van der Waals surface area contributed by atoms with Gasteiger partial charge < -0.3 is 34.9 Å². The molecule has 1 atom stereocenters. The molecule has 0 saturated carbocycles. The van der Waals surface area contributed by atoms with E-state index in [0.29, 0.717) is 67.0 Å². The molecule has 1 unspecified atom stereocenters. The quantitative estimate of drug-likeness (QED) is 0.523. The predicted octanol–water partition coefficient (Wildman–Crippen LogP) is 4.47. The highest BCUT2D eigenvalue weighted by Crippen LogP contribution is 2.44. The molecule has 0 radical (unpaired) electrons. The highest BCUT2D eigenvalue weighted by Gasteiger charge is 2.37. The van der Waals surface area contributed by atoms with Gasteiger partial charge in [-0.25, -0.2) is 9.48 Å². The van der Waals surface area contributed by atoms with Crippen LogP contribution in [0.3, 0.4) is 0 Å². The minimum Gasteiger partial charge on any atom is -0.496 e. The van der Waals surface area contributed by atoms with Crippen molar-refractivity contribution in [1.29, 1.82) is 0 Å². The SMILES string of the molecule is COc1cc(-c2nn3c(c2C(N)=O)NCCC3C2CCN(C(=O)OC(C)(C)C)CC2)cc(OC)c1C1=CCOCC1. The van der Waals surface area contributed by atoms with Crippen molar-refractivity contribution in [3.8, 4) is 22.8 Å². The van der Waals surface area contributed by atoms with E-state index < -0.39 is 11.5 Å². The molecule has 2 amide bonds. The number of benzene rings is 1. The molecule has 3 N–H and O–H groups in total. The Bertz CT molecular complexity index is 1310. The van der Waals surface area contributed by atoms with Crippen molar-refractivity contribution in [3.63, 3.8) is 0 Å². The highest BCUT2D eigenvalue weighted by atomic mass is 16.6. The van der Waals surface area contributed by atoms with Crippen molar-refractivity contribution in [2.75, 3.05) is 52.4 Å². The molecule has 0 bridgehead atoms. The summed E-state index contributed by atoms with van der Waals surface area (Å²) < 4.78 is 24.6. The van der Waals surface area contributed by atoms with Crippen LogP contribution in [-0.2, 0) is 9.47 Å². The first-order valence-electron chi connectivity index (χ1n) is 14.3. The summed E-state index contributed by atoms with van der Waals surface area (Å²) in [6.07, 6.45) is 5.00. The van der Waals surface area contributed by atoms with Crippen molar-refractivity contribution in [2.45, 2.75) is 58.1 Å². The van der Waals surface area contributed by atoms with Crippen molar-refractivity contribution in [1.82, 2.24) is 14.7 Å². The summed E-state index contributed by atoms with van der Waals surface area (Å²) >= 11 is 0. The number of nitrogens with zero attached hydrogens (tertiary/aromatic N) is 3. The van der Waals surface area contributed by atoms with E-state index in [2.05, 4.69) is 5.32 Å². The molecule has 3 aliphatic heterocycles. The zero-order chi connectivity index (χ0) is 29.3. The molecule has 5 rings (SSSR count). The molecule has 0 aliphatic carbocycles. The lowest BCUT2D eigenvalue weighted by Crippen LogP contribution is -2.43. The second kappa shape index (κ2) is 11.6. The monoisotopic (exact) mass is 567 g/mol. The van der Waals surface area contributed by atoms with E-state index in [1.807, 2.05) is 43.7 Å². The zero-order valence-electron chi connectivity index (χ0n) is 24.6. The fraction of sp³-hybridized carbons (Fsp3) is 0.567. The number of carbonyl (C=O) groups excluding carboxylic acids is 2. The summed E-state index contributed by atoms with van der Waals surface area (Å²) in [5, 5.41) is 8.37. The zero-order valence-corrected chi connectivity index (χ0v) is 24.6. The van der Waals surface area contributed by atoms with Crippen LogP contribution in [0.2, 0.25) is 0 Å². The molecular weight excluding hydrogens is 526 g/mol. The van der Waals surface area contributed by atoms with Gasteiger partial charge >= 0.3 is 6.09 Å². The van der Waals surface area contributed by atoms with Gasteiger partial charge in [-0.2, -0.15) is 5.10 Å². The minimum atomic E-state index is -0.553. The molecular formula is C30H41N5O6. The lowest BCUT2D eigenvalue weighted by Gasteiger charge is -2.38. The number of piperidine rings is 1. The third-order valence-electron chi connectivity index (χ3n) is 8.00. The Balaban J connectivity index is 1.47. The average molecular weight is 568 g/mol. The molecule has 1 saturated heterocycles. The maximum atomic E-state index is 12.9. The van der Waals surface area contributed by atoms with Gasteiger partial charge in [0.25, 0.3) is 5.91 Å². The number of likely N-dealkylation sites (tertiary alicyclic amines) is 1. The molecule has 2 aromatic rings. The standard InChI is InChI=1S/C30H41N5O6/c1-30(2,3)41-29(37)34-12-7-18(8-13-34)21-6-11-32-28-25(27(31)36)26(33-35(21)28)20-16-22(38-4)24(23(17-20)39-5)19-9-14-40-15-10-19/h9,16-18,21,32H,6-8,10-15H2,1-5H3,(H2,31,36). The Hall–Kier alpha value is -3.73. The van der Waals surface area contributed by atoms with Crippen molar-refractivity contribution in [3.05, 3.63) is 29.3 Å². The summed E-state index contributed by atoms with van der Waals surface area (Å²) in [4.78, 5) is 27.2. The van der Waals surface area contributed by atoms with Crippen molar-refractivity contribution >= 4 is 23.4 Å². The number of amides is 2. The largest absolute Gasteiger partial charge is 0.496 e. The Morgan fingerprint density at radius 2 is 1.78 bits per heavy atom. The van der Waals surface area contributed by atoms with Gasteiger partial charge in [-0.3, -0.25) is 4.79 Å². The second-order valence-corrected chi connectivity index (χ2v) is 11.8. The number of fused-ring (bicyclic) bond motifs is 1. The molecule has 4 heterocycles. The molecule has 1 aromatic heterocycles. The third-order valence-corrected chi connectivity index (χ3v) is 8.00. The van der Waals surface area contributed by atoms with Crippen LogP contribution in [-0.4, -0.2) is 79.3 Å². The molecule has 222 valence electrons. The molecule has 3 aliphatic rings. The maximum absolute atomic E-state index is 12.9. The Labute approximate surface area is 240 Å².